The predicted molar refractivity (Wildman–Crippen MR) is 114 cm³/mol. The van der Waals surface area contributed by atoms with Crippen molar-refractivity contribution >= 4 is 29.1 Å². The highest BCUT2D eigenvalue weighted by atomic mass is 32.1. The molecule has 7 heteroatoms. The van der Waals surface area contributed by atoms with Gasteiger partial charge in [0.15, 0.2) is 0 Å². The fraction of sp³-hybridized carbons (Fsp3) is 0.409. The van der Waals surface area contributed by atoms with Crippen molar-refractivity contribution in [1.82, 2.24) is 10.6 Å². The number of thiophene rings is 1. The topological polar surface area (TPSA) is 84.5 Å². The van der Waals surface area contributed by atoms with Gasteiger partial charge < -0.3 is 15.4 Å². The van der Waals surface area contributed by atoms with E-state index in [1.54, 1.807) is 19.9 Å². The molecule has 2 N–H and O–H groups in total. The first kappa shape index (κ1) is 22.6. The fourth-order valence-corrected chi connectivity index (χ4v) is 3.38. The van der Waals surface area contributed by atoms with Gasteiger partial charge in [-0.3, -0.25) is 14.4 Å². The molecule has 0 aliphatic carbocycles. The van der Waals surface area contributed by atoms with Crippen molar-refractivity contribution in [2.24, 2.45) is 0 Å². The van der Waals surface area contributed by atoms with Gasteiger partial charge in [0.25, 0.3) is 5.91 Å². The number of ether oxygens (including phenoxy) is 1. The number of nitrogens with one attached hydrogen (secondary N) is 2. The minimum atomic E-state index is -0.449. The van der Waals surface area contributed by atoms with Crippen LogP contribution in [0.25, 0.3) is 0 Å². The minimum Gasteiger partial charge on any atom is -0.463 e. The van der Waals surface area contributed by atoms with Gasteiger partial charge in [0, 0.05) is 13.0 Å². The third-order valence-electron chi connectivity index (χ3n) is 4.16. The lowest BCUT2D eigenvalue weighted by Crippen LogP contribution is -2.32. The molecule has 29 heavy (non-hydrogen) atoms. The van der Waals surface area contributed by atoms with Crippen LogP contribution in [0.5, 0.6) is 0 Å². The van der Waals surface area contributed by atoms with Crippen LogP contribution < -0.4 is 10.6 Å². The zero-order chi connectivity index (χ0) is 21.2. The quantitative estimate of drug-likeness (QED) is 0.456. The summed E-state index contributed by atoms with van der Waals surface area (Å²) in [5, 5.41) is 7.57. The van der Waals surface area contributed by atoms with Crippen LogP contribution in [-0.4, -0.2) is 30.4 Å². The number of rotatable bonds is 10. The molecule has 1 aromatic heterocycles. The van der Waals surface area contributed by atoms with Gasteiger partial charge in [0.2, 0.25) is 5.91 Å². The van der Waals surface area contributed by atoms with E-state index < -0.39 is 6.04 Å². The molecule has 0 aliphatic heterocycles. The number of aryl methyl sites for hydroxylation is 1. The van der Waals surface area contributed by atoms with E-state index in [9.17, 15) is 14.4 Å². The molecule has 156 valence electrons. The second kappa shape index (κ2) is 11.4. The maximum atomic E-state index is 12.4. The molecule has 0 radical (unpaired) electrons. The van der Waals surface area contributed by atoms with Crippen LogP contribution in [0.2, 0.25) is 0 Å². The molecule has 6 nitrogen and oxygen atoms in total. The standard InChI is InChI=1S/C22H28N2O4S/c1-15(2)28-21(26)14-18(17-10-8-16(3)9-11-17)24-20(25)7-4-12-23-22(27)19-6-5-13-29-19/h5-6,8-11,13,15,18H,4,7,12,14H2,1-3H3,(H,23,27)(H,24,25). The molecule has 0 aliphatic rings. The second-order valence-corrected chi connectivity index (χ2v) is 8.06. The molecule has 0 saturated heterocycles. The van der Waals surface area contributed by atoms with Crippen LogP contribution in [0.1, 0.15) is 60.0 Å². The highest BCUT2D eigenvalue weighted by Crippen LogP contribution is 2.19. The minimum absolute atomic E-state index is 0.0715. The Morgan fingerprint density at radius 1 is 1.10 bits per heavy atom. The number of carbonyl (C=O) groups excluding carboxylic acids is 3. The second-order valence-electron chi connectivity index (χ2n) is 7.11. The average molecular weight is 417 g/mol. The Bertz CT molecular complexity index is 801. The Balaban J connectivity index is 1.86. The Morgan fingerprint density at radius 2 is 1.83 bits per heavy atom. The van der Waals surface area contributed by atoms with Gasteiger partial charge in [-0.05, 0) is 44.2 Å². The van der Waals surface area contributed by atoms with E-state index in [0.717, 1.165) is 11.1 Å². The van der Waals surface area contributed by atoms with Crippen molar-refractivity contribution < 1.29 is 19.1 Å². The van der Waals surface area contributed by atoms with Crippen molar-refractivity contribution in [2.45, 2.75) is 52.2 Å². The lowest BCUT2D eigenvalue weighted by molar-refractivity contribution is -0.148. The molecule has 0 saturated carbocycles. The summed E-state index contributed by atoms with van der Waals surface area (Å²) in [6.45, 7) is 5.98. The highest BCUT2D eigenvalue weighted by Gasteiger charge is 2.20. The number of hydrogen-bond acceptors (Lipinski definition) is 5. The van der Waals surface area contributed by atoms with Crippen LogP contribution in [0.3, 0.4) is 0 Å². The number of benzene rings is 1. The first-order valence-corrected chi connectivity index (χ1v) is 10.6. The van der Waals surface area contributed by atoms with Crippen LogP contribution in [0, 0.1) is 6.92 Å². The monoisotopic (exact) mass is 416 g/mol. The summed E-state index contributed by atoms with van der Waals surface area (Å²) < 4.78 is 5.23. The van der Waals surface area contributed by atoms with Crippen molar-refractivity contribution in [3.63, 3.8) is 0 Å². The van der Waals surface area contributed by atoms with Crippen molar-refractivity contribution in [2.75, 3.05) is 6.54 Å². The molecule has 0 spiro atoms. The first-order chi connectivity index (χ1) is 13.8. The summed E-state index contributed by atoms with van der Waals surface area (Å²) in [4.78, 5) is 37.1. The lowest BCUT2D eigenvalue weighted by Gasteiger charge is -2.20. The van der Waals surface area contributed by atoms with E-state index >= 15 is 0 Å². The zero-order valence-electron chi connectivity index (χ0n) is 17.1. The van der Waals surface area contributed by atoms with Crippen molar-refractivity contribution in [3.8, 4) is 0 Å². The number of hydrogen-bond donors (Lipinski definition) is 2. The molecule has 0 fully saturated rings. The molecule has 1 unspecified atom stereocenters. The normalized spacial score (nSPS) is 11.7. The molecule has 2 aromatic rings. The summed E-state index contributed by atoms with van der Waals surface area (Å²) in [6.07, 6.45) is 0.637. The lowest BCUT2D eigenvalue weighted by atomic mass is 10.0. The van der Waals surface area contributed by atoms with Crippen molar-refractivity contribution in [1.29, 1.82) is 0 Å². The van der Waals surface area contributed by atoms with E-state index in [2.05, 4.69) is 10.6 Å². The Morgan fingerprint density at radius 3 is 2.45 bits per heavy atom. The molecular formula is C22H28N2O4S. The van der Waals surface area contributed by atoms with Gasteiger partial charge in [0.1, 0.15) is 0 Å². The number of carbonyl (C=O) groups is 3. The van der Waals surface area contributed by atoms with E-state index in [4.69, 9.17) is 4.74 Å². The first-order valence-electron chi connectivity index (χ1n) is 9.72. The largest absolute Gasteiger partial charge is 0.463 e. The highest BCUT2D eigenvalue weighted by molar-refractivity contribution is 7.12. The summed E-state index contributed by atoms with van der Waals surface area (Å²) in [5.74, 6) is -0.651. The van der Waals surface area contributed by atoms with Gasteiger partial charge in [-0.15, -0.1) is 11.3 Å². The Hall–Kier alpha value is -2.67. The smallest absolute Gasteiger partial charge is 0.308 e. The zero-order valence-corrected chi connectivity index (χ0v) is 17.9. The molecule has 0 bridgehead atoms. The predicted octanol–water partition coefficient (Wildman–Crippen LogP) is 3.77. The molecule has 2 amide bonds. The maximum absolute atomic E-state index is 12.4. The Kier molecular flexibility index (Phi) is 8.86. The molecule has 1 atom stereocenters. The third-order valence-corrected chi connectivity index (χ3v) is 5.03. The SMILES string of the molecule is Cc1ccc(C(CC(=O)OC(C)C)NC(=O)CCCNC(=O)c2cccs2)cc1. The van der Waals surface area contributed by atoms with E-state index in [1.807, 2.05) is 42.6 Å². The van der Waals surface area contributed by atoms with E-state index in [1.165, 1.54) is 11.3 Å². The fourth-order valence-electron chi connectivity index (χ4n) is 2.74. The van der Waals surface area contributed by atoms with Crippen molar-refractivity contribution in [3.05, 3.63) is 57.8 Å². The molecular weight excluding hydrogens is 388 g/mol. The van der Waals surface area contributed by atoms with Gasteiger partial charge in [-0.2, -0.15) is 0 Å². The van der Waals surface area contributed by atoms with Crippen LogP contribution in [-0.2, 0) is 14.3 Å². The Labute approximate surface area is 175 Å². The van der Waals surface area contributed by atoms with Gasteiger partial charge in [-0.1, -0.05) is 35.9 Å². The summed E-state index contributed by atoms with van der Waals surface area (Å²) in [5.41, 5.74) is 1.96. The number of amides is 2. The van der Waals surface area contributed by atoms with Crippen LogP contribution in [0.15, 0.2) is 41.8 Å². The molecule has 1 aromatic carbocycles. The van der Waals surface area contributed by atoms with Gasteiger partial charge in [0.05, 0.1) is 23.4 Å². The summed E-state index contributed by atoms with van der Waals surface area (Å²) in [7, 11) is 0. The van der Waals surface area contributed by atoms with E-state index in [-0.39, 0.29) is 36.7 Å². The average Bonchev–Trinajstić information content (AvgIpc) is 3.19. The number of esters is 1. The van der Waals surface area contributed by atoms with Gasteiger partial charge >= 0.3 is 5.97 Å². The maximum Gasteiger partial charge on any atom is 0.308 e. The van der Waals surface area contributed by atoms with E-state index in [0.29, 0.717) is 17.8 Å². The molecule has 2 rings (SSSR count). The summed E-state index contributed by atoms with van der Waals surface area (Å²) >= 11 is 1.38. The van der Waals surface area contributed by atoms with Crippen LogP contribution >= 0.6 is 11.3 Å². The van der Waals surface area contributed by atoms with Crippen LogP contribution in [0.4, 0.5) is 0 Å². The third kappa shape index (κ3) is 8.07. The molecule has 1 heterocycles. The van der Waals surface area contributed by atoms with Gasteiger partial charge in [-0.25, -0.2) is 0 Å². The summed E-state index contributed by atoms with van der Waals surface area (Å²) in [6, 6.07) is 10.8.